The van der Waals surface area contributed by atoms with Crippen LogP contribution in [0.3, 0.4) is 0 Å². The highest BCUT2D eigenvalue weighted by molar-refractivity contribution is 6.39. The normalized spacial score (nSPS) is 11.3. The first kappa shape index (κ1) is 27.6. The molecule has 0 aliphatic heterocycles. The summed E-state index contributed by atoms with van der Waals surface area (Å²) in [7, 11) is 0. The summed E-state index contributed by atoms with van der Waals surface area (Å²) in [5.74, 6) is 2.10. The van der Waals surface area contributed by atoms with E-state index in [-0.39, 0.29) is 0 Å². The number of esters is 1. The van der Waals surface area contributed by atoms with E-state index in [0.29, 0.717) is 47.1 Å². The fourth-order valence-electron chi connectivity index (χ4n) is 3.85. The lowest BCUT2D eigenvalue weighted by atomic mass is 10.0. The first-order valence-corrected chi connectivity index (χ1v) is 13.0. The number of rotatable bonds is 10. The Hall–Kier alpha value is -3.48. The van der Waals surface area contributed by atoms with Gasteiger partial charge in [0.1, 0.15) is 17.3 Å². The van der Waals surface area contributed by atoms with Crippen molar-refractivity contribution in [2.75, 3.05) is 13.2 Å². The van der Waals surface area contributed by atoms with Crippen LogP contribution in [-0.2, 0) is 16.0 Å². The molecule has 0 saturated carbocycles. The van der Waals surface area contributed by atoms with Gasteiger partial charge < -0.3 is 18.6 Å². The molecule has 3 aromatic carbocycles. The maximum Gasteiger partial charge on any atom is 0.349 e. The van der Waals surface area contributed by atoms with Crippen molar-refractivity contribution in [2.45, 2.75) is 39.7 Å². The van der Waals surface area contributed by atoms with E-state index in [1.54, 1.807) is 45.0 Å². The Balaban J connectivity index is 1.35. The quantitative estimate of drug-likeness (QED) is 0.185. The largest absolute Gasteiger partial charge is 0.493 e. The molecule has 38 heavy (non-hydrogen) atoms. The van der Waals surface area contributed by atoms with Crippen LogP contribution >= 0.6 is 23.2 Å². The lowest BCUT2D eigenvalue weighted by Crippen LogP contribution is -2.39. The Labute approximate surface area is 232 Å². The number of oxazole rings is 1. The number of halogens is 2. The third kappa shape index (κ3) is 6.50. The maximum absolute atomic E-state index is 12.0. The number of carbonyl (C=O) groups excluding carboxylic acids is 1. The Morgan fingerprint density at radius 2 is 1.53 bits per heavy atom. The zero-order valence-corrected chi connectivity index (χ0v) is 23.2. The summed E-state index contributed by atoms with van der Waals surface area (Å²) >= 11 is 12.7. The molecule has 4 aromatic rings. The summed E-state index contributed by atoms with van der Waals surface area (Å²) in [6, 6.07) is 20.3. The van der Waals surface area contributed by atoms with Gasteiger partial charge in [0, 0.05) is 27.6 Å². The van der Waals surface area contributed by atoms with Gasteiger partial charge >= 0.3 is 5.97 Å². The van der Waals surface area contributed by atoms with Gasteiger partial charge in [0.15, 0.2) is 5.60 Å². The molecular formula is C30H29Cl2NO5. The van der Waals surface area contributed by atoms with Crippen LogP contribution in [0.2, 0.25) is 10.0 Å². The van der Waals surface area contributed by atoms with Crippen molar-refractivity contribution in [1.82, 2.24) is 4.98 Å². The number of benzene rings is 3. The molecule has 0 aliphatic carbocycles. The van der Waals surface area contributed by atoms with Gasteiger partial charge in [-0.1, -0.05) is 41.4 Å². The highest BCUT2D eigenvalue weighted by Crippen LogP contribution is 2.35. The van der Waals surface area contributed by atoms with Gasteiger partial charge in [-0.2, -0.15) is 0 Å². The molecule has 0 bridgehead atoms. The van der Waals surface area contributed by atoms with E-state index in [0.717, 1.165) is 28.1 Å². The van der Waals surface area contributed by atoms with Crippen molar-refractivity contribution in [1.29, 1.82) is 0 Å². The molecule has 4 rings (SSSR count). The Bertz CT molecular complexity index is 1380. The van der Waals surface area contributed by atoms with Crippen molar-refractivity contribution in [3.8, 4) is 34.1 Å². The zero-order chi connectivity index (χ0) is 27.3. The summed E-state index contributed by atoms with van der Waals surface area (Å²) in [5.41, 5.74) is 2.32. The second-order valence-corrected chi connectivity index (χ2v) is 9.91. The highest BCUT2D eigenvalue weighted by atomic mass is 35.5. The first-order valence-electron chi connectivity index (χ1n) is 12.3. The molecule has 1 aromatic heterocycles. The predicted octanol–water partition coefficient (Wildman–Crippen LogP) is 7.97. The molecule has 0 unspecified atom stereocenters. The minimum absolute atomic E-state index is 0.302. The second kappa shape index (κ2) is 11.9. The summed E-state index contributed by atoms with van der Waals surface area (Å²) in [6.45, 7) is 7.72. The third-order valence-electron chi connectivity index (χ3n) is 5.85. The smallest absolute Gasteiger partial charge is 0.349 e. The molecule has 198 valence electrons. The lowest BCUT2D eigenvalue weighted by molar-refractivity contribution is -0.158. The summed E-state index contributed by atoms with van der Waals surface area (Å²) in [4.78, 5) is 16.7. The second-order valence-electron chi connectivity index (χ2n) is 9.10. The van der Waals surface area contributed by atoms with Crippen molar-refractivity contribution in [3.05, 3.63) is 88.2 Å². The molecule has 0 aliphatic rings. The van der Waals surface area contributed by atoms with Crippen molar-refractivity contribution in [3.63, 3.8) is 0 Å². The Kier molecular flexibility index (Phi) is 8.65. The van der Waals surface area contributed by atoms with Crippen molar-refractivity contribution in [2.24, 2.45) is 0 Å². The van der Waals surface area contributed by atoms with Crippen molar-refractivity contribution >= 4 is 29.2 Å². The zero-order valence-electron chi connectivity index (χ0n) is 21.7. The van der Waals surface area contributed by atoms with Crippen LogP contribution in [-0.4, -0.2) is 29.8 Å². The standard InChI is InChI=1S/C30H29Cl2NO5/c1-5-35-29(34)30(3,4)38-23-15-13-22(14-16-23)36-18-17-26-19(2)37-28(33-26)21-11-9-20(10-12-21)27-24(31)7-6-8-25(27)32/h6-16H,5,17-18H2,1-4H3. The molecule has 0 saturated heterocycles. The number of ether oxygens (including phenoxy) is 3. The minimum Gasteiger partial charge on any atom is -0.493 e. The predicted molar refractivity (Wildman–Crippen MR) is 149 cm³/mol. The van der Waals surface area contributed by atoms with Gasteiger partial charge in [-0.15, -0.1) is 0 Å². The van der Waals surface area contributed by atoms with Crippen LogP contribution in [0.1, 0.15) is 32.2 Å². The van der Waals surface area contributed by atoms with E-state index in [1.165, 1.54) is 0 Å². The molecule has 6 nitrogen and oxygen atoms in total. The van der Waals surface area contributed by atoms with Gasteiger partial charge in [0.25, 0.3) is 0 Å². The summed E-state index contributed by atoms with van der Waals surface area (Å²) in [6.07, 6.45) is 0.580. The Morgan fingerprint density at radius 1 is 0.921 bits per heavy atom. The maximum atomic E-state index is 12.0. The summed E-state index contributed by atoms with van der Waals surface area (Å²) < 4.78 is 22.6. The molecule has 0 amide bonds. The molecule has 0 N–H and O–H groups in total. The Morgan fingerprint density at radius 3 is 2.16 bits per heavy atom. The van der Waals surface area contributed by atoms with E-state index in [2.05, 4.69) is 4.98 Å². The van der Waals surface area contributed by atoms with Crippen LogP contribution < -0.4 is 9.47 Å². The number of carbonyl (C=O) groups is 1. The van der Waals surface area contributed by atoms with E-state index >= 15 is 0 Å². The SMILES string of the molecule is CCOC(=O)C(C)(C)Oc1ccc(OCCc2nc(-c3ccc(-c4c(Cl)cccc4Cl)cc3)oc2C)cc1. The fraction of sp³-hybridized carbons (Fsp3) is 0.267. The first-order chi connectivity index (χ1) is 18.2. The minimum atomic E-state index is -1.08. The van der Waals surface area contributed by atoms with Gasteiger partial charge in [-0.25, -0.2) is 9.78 Å². The van der Waals surface area contributed by atoms with Gasteiger partial charge in [-0.3, -0.25) is 0 Å². The van der Waals surface area contributed by atoms with Gasteiger partial charge in [0.2, 0.25) is 5.89 Å². The molecule has 0 fully saturated rings. The average Bonchev–Trinajstić information content (AvgIpc) is 3.25. The third-order valence-corrected chi connectivity index (χ3v) is 6.48. The number of hydrogen-bond donors (Lipinski definition) is 0. The van der Waals surface area contributed by atoms with Gasteiger partial charge in [-0.05, 0) is 81.8 Å². The van der Waals surface area contributed by atoms with Crippen LogP contribution in [0.5, 0.6) is 11.5 Å². The molecule has 1 heterocycles. The van der Waals surface area contributed by atoms with Gasteiger partial charge in [0.05, 0.1) is 18.9 Å². The molecular weight excluding hydrogens is 525 g/mol. The molecule has 0 radical (unpaired) electrons. The van der Waals surface area contributed by atoms with Crippen LogP contribution in [0.4, 0.5) is 0 Å². The van der Waals surface area contributed by atoms with E-state index in [9.17, 15) is 4.79 Å². The molecule has 0 atom stereocenters. The van der Waals surface area contributed by atoms with Crippen LogP contribution in [0.25, 0.3) is 22.6 Å². The van der Waals surface area contributed by atoms with Crippen molar-refractivity contribution < 1.29 is 23.4 Å². The lowest BCUT2D eigenvalue weighted by Gasteiger charge is -2.24. The van der Waals surface area contributed by atoms with E-state index in [4.69, 9.17) is 41.8 Å². The van der Waals surface area contributed by atoms with E-state index in [1.807, 2.05) is 49.4 Å². The monoisotopic (exact) mass is 553 g/mol. The van der Waals surface area contributed by atoms with Crippen LogP contribution in [0.15, 0.2) is 71.1 Å². The topological polar surface area (TPSA) is 70.8 Å². The average molecular weight is 554 g/mol. The molecule has 8 heteroatoms. The summed E-state index contributed by atoms with van der Waals surface area (Å²) in [5, 5.41) is 1.20. The highest BCUT2D eigenvalue weighted by Gasteiger charge is 2.31. The number of aromatic nitrogens is 1. The molecule has 0 spiro atoms. The fourth-order valence-corrected chi connectivity index (χ4v) is 4.46. The number of hydrogen-bond acceptors (Lipinski definition) is 6. The number of aryl methyl sites for hydroxylation is 1. The number of nitrogens with zero attached hydrogens (tertiary/aromatic N) is 1. The van der Waals surface area contributed by atoms with E-state index < -0.39 is 11.6 Å². The van der Waals surface area contributed by atoms with Crippen LogP contribution in [0, 0.1) is 6.92 Å².